The first kappa shape index (κ1) is 23.4. The van der Waals surface area contributed by atoms with E-state index in [1.54, 1.807) is 25.1 Å². The number of unbranched alkanes of at least 4 members (excludes halogenated alkanes) is 1. The van der Waals surface area contributed by atoms with E-state index in [9.17, 15) is 23.1 Å². The van der Waals surface area contributed by atoms with Crippen LogP contribution in [0.5, 0.6) is 5.75 Å². The van der Waals surface area contributed by atoms with Gasteiger partial charge in [-0.05, 0) is 43.2 Å². The predicted molar refractivity (Wildman–Crippen MR) is 117 cm³/mol. The van der Waals surface area contributed by atoms with Crippen molar-refractivity contribution in [3.05, 3.63) is 53.3 Å². The van der Waals surface area contributed by atoms with E-state index in [2.05, 4.69) is 15.6 Å². The zero-order valence-corrected chi connectivity index (χ0v) is 18.3. The highest BCUT2D eigenvalue weighted by Crippen LogP contribution is 2.31. The summed E-state index contributed by atoms with van der Waals surface area (Å²) < 4.78 is 41.1. The molecule has 0 fully saturated rings. The second-order valence-electron chi connectivity index (χ2n) is 7.82. The molecule has 2 aromatic heterocycles. The quantitative estimate of drug-likeness (QED) is 0.427. The number of aryl methyl sites for hydroxylation is 1. The van der Waals surface area contributed by atoms with Gasteiger partial charge in [0.2, 0.25) is 5.91 Å². The molecule has 3 N–H and O–H groups in total. The molecule has 0 saturated carbocycles. The van der Waals surface area contributed by atoms with Crippen LogP contribution in [0.3, 0.4) is 0 Å². The molecule has 172 valence electrons. The van der Waals surface area contributed by atoms with Crippen LogP contribution in [0.4, 0.5) is 19.0 Å². The highest BCUT2D eigenvalue weighted by molar-refractivity contribution is 5.92. The molecule has 0 aliphatic heterocycles. The molecule has 0 aliphatic carbocycles. The monoisotopic (exact) mass is 448 g/mol. The number of phenols is 1. The standard InChI is InChI=1S/C23H27F3N4O2/c1-4-5-10-27-21-15(6-9-20(29-21)23(24,25)26)12-28-22(32)14(2)18-13-30(3)19-8-7-16(31)11-17(18)19/h6-9,11,13-14,31H,4-5,10,12H2,1-3H3,(H,27,29)(H,28,32). The van der Waals surface area contributed by atoms with Crippen molar-refractivity contribution in [3.8, 4) is 5.75 Å². The number of halogens is 3. The molecule has 3 rings (SSSR count). The van der Waals surface area contributed by atoms with E-state index in [0.717, 1.165) is 35.4 Å². The second-order valence-corrected chi connectivity index (χ2v) is 7.82. The number of phenolic OH excluding ortho intramolecular Hbond substituents is 1. The van der Waals surface area contributed by atoms with Crippen LogP contribution >= 0.6 is 0 Å². The number of carbonyl (C=O) groups is 1. The van der Waals surface area contributed by atoms with E-state index >= 15 is 0 Å². The fourth-order valence-electron chi connectivity index (χ4n) is 3.56. The molecule has 0 radical (unpaired) electrons. The largest absolute Gasteiger partial charge is 0.508 e. The number of aromatic hydroxyl groups is 1. The van der Waals surface area contributed by atoms with Crippen LogP contribution in [0.15, 0.2) is 36.5 Å². The SMILES string of the molecule is CCCCNc1nc(C(F)(F)F)ccc1CNC(=O)C(C)c1cn(C)c2ccc(O)cc12. The van der Waals surface area contributed by atoms with Gasteiger partial charge in [-0.1, -0.05) is 19.4 Å². The first-order chi connectivity index (χ1) is 15.1. The first-order valence-corrected chi connectivity index (χ1v) is 10.5. The molecule has 32 heavy (non-hydrogen) atoms. The van der Waals surface area contributed by atoms with Gasteiger partial charge in [0.1, 0.15) is 17.3 Å². The third-order valence-electron chi connectivity index (χ3n) is 5.41. The number of pyridine rings is 1. The summed E-state index contributed by atoms with van der Waals surface area (Å²) in [5, 5.41) is 16.4. The lowest BCUT2D eigenvalue weighted by Crippen LogP contribution is -2.28. The van der Waals surface area contributed by atoms with Crippen molar-refractivity contribution < 1.29 is 23.1 Å². The van der Waals surface area contributed by atoms with Crippen molar-refractivity contribution >= 4 is 22.6 Å². The Morgan fingerprint density at radius 1 is 1.25 bits per heavy atom. The van der Waals surface area contributed by atoms with E-state index in [0.29, 0.717) is 12.1 Å². The van der Waals surface area contributed by atoms with Gasteiger partial charge < -0.3 is 20.3 Å². The fraction of sp³-hybridized carbons (Fsp3) is 0.391. The summed E-state index contributed by atoms with van der Waals surface area (Å²) in [5.74, 6) is -0.577. The van der Waals surface area contributed by atoms with E-state index in [4.69, 9.17) is 0 Å². The minimum Gasteiger partial charge on any atom is -0.508 e. The van der Waals surface area contributed by atoms with Gasteiger partial charge in [-0.15, -0.1) is 0 Å². The van der Waals surface area contributed by atoms with E-state index in [1.165, 1.54) is 6.07 Å². The van der Waals surface area contributed by atoms with Crippen molar-refractivity contribution in [1.29, 1.82) is 0 Å². The van der Waals surface area contributed by atoms with E-state index in [-0.39, 0.29) is 24.0 Å². The fourth-order valence-corrected chi connectivity index (χ4v) is 3.56. The predicted octanol–water partition coefficient (Wildman–Crippen LogP) is 4.93. The maximum atomic E-state index is 13.1. The number of amides is 1. The molecule has 1 unspecified atom stereocenters. The number of hydrogen-bond acceptors (Lipinski definition) is 4. The molecule has 0 bridgehead atoms. The highest BCUT2D eigenvalue weighted by atomic mass is 19.4. The summed E-state index contributed by atoms with van der Waals surface area (Å²) in [7, 11) is 1.86. The number of anilines is 1. The van der Waals surface area contributed by atoms with E-state index < -0.39 is 17.8 Å². The number of aromatic nitrogens is 2. The summed E-state index contributed by atoms with van der Waals surface area (Å²) in [6.45, 7) is 4.26. The molecule has 6 nitrogen and oxygen atoms in total. The van der Waals surface area contributed by atoms with Crippen LogP contribution in [0, 0.1) is 0 Å². The first-order valence-electron chi connectivity index (χ1n) is 10.5. The van der Waals surface area contributed by atoms with Gasteiger partial charge in [0.05, 0.1) is 5.92 Å². The van der Waals surface area contributed by atoms with Crippen LogP contribution in [-0.2, 0) is 24.6 Å². The molecule has 0 aliphatic rings. The van der Waals surface area contributed by atoms with Gasteiger partial charge in [-0.2, -0.15) is 13.2 Å². The Morgan fingerprint density at radius 3 is 2.69 bits per heavy atom. The summed E-state index contributed by atoms with van der Waals surface area (Å²) >= 11 is 0. The number of carbonyl (C=O) groups excluding carboxylic acids is 1. The number of rotatable bonds is 8. The summed E-state index contributed by atoms with van der Waals surface area (Å²) in [4.78, 5) is 16.6. The van der Waals surface area contributed by atoms with Gasteiger partial charge in [-0.3, -0.25) is 4.79 Å². The summed E-state index contributed by atoms with van der Waals surface area (Å²) in [6, 6.07) is 7.24. The van der Waals surface area contributed by atoms with E-state index in [1.807, 2.05) is 24.7 Å². The third kappa shape index (κ3) is 5.15. The Hall–Kier alpha value is -3.23. The van der Waals surface area contributed by atoms with Crippen molar-refractivity contribution in [2.45, 2.75) is 45.3 Å². The number of nitrogens with one attached hydrogen (secondary N) is 2. The Kier molecular flexibility index (Phi) is 6.96. The Bertz CT molecular complexity index is 1110. The lowest BCUT2D eigenvalue weighted by Gasteiger charge is -2.16. The minimum atomic E-state index is -4.54. The molecule has 0 spiro atoms. The van der Waals surface area contributed by atoms with Crippen LogP contribution in [0.25, 0.3) is 10.9 Å². The van der Waals surface area contributed by atoms with Crippen molar-refractivity contribution in [2.24, 2.45) is 7.05 Å². The minimum absolute atomic E-state index is 0.0405. The Balaban J connectivity index is 1.78. The summed E-state index contributed by atoms with van der Waals surface area (Å²) in [5.41, 5.74) is 1.13. The zero-order chi connectivity index (χ0) is 23.5. The molecule has 0 saturated heterocycles. The molecule has 1 atom stereocenters. The van der Waals surface area contributed by atoms with Gasteiger partial charge in [0.25, 0.3) is 0 Å². The van der Waals surface area contributed by atoms with Gasteiger partial charge >= 0.3 is 6.18 Å². The maximum Gasteiger partial charge on any atom is 0.433 e. The van der Waals surface area contributed by atoms with Crippen molar-refractivity contribution in [1.82, 2.24) is 14.9 Å². The maximum absolute atomic E-state index is 13.1. The zero-order valence-electron chi connectivity index (χ0n) is 18.3. The number of fused-ring (bicyclic) bond motifs is 1. The lowest BCUT2D eigenvalue weighted by molar-refractivity contribution is -0.141. The normalized spacial score (nSPS) is 12.7. The Labute approximate surface area is 184 Å². The summed E-state index contributed by atoms with van der Waals surface area (Å²) in [6.07, 6.45) is -1.03. The van der Waals surface area contributed by atoms with Gasteiger partial charge in [0.15, 0.2) is 0 Å². The van der Waals surface area contributed by atoms with Crippen LogP contribution in [-0.4, -0.2) is 27.1 Å². The number of benzene rings is 1. The average Bonchev–Trinajstić information content (AvgIpc) is 3.07. The number of alkyl halides is 3. The molecule has 3 aromatic rings. The second kappa shape index (κ2) is 9.50. The number of nitrogens with zero attached hydrogens (tertiary/aromatic N) is 2. The highest BCUT2D eigenvalue weighted by Gasteiger charge is 2.33. The van der Waals surface area contributed by atoms with Crippen molar-refractivity contribution in [2.75, 3.05) is 11.9 Å². The van der Waals surface area contributed by atoms with Gasteiger partial charge in [0, 0.05) is 42.8 Å². The topological polar surface area (TPSA) is 79.2 Å². The van der Waals surface area contributed by atoms with Crippen LogP contribution in [0.1, 0.15) is 49.4 Å². The molecule has 2 heterocycles. The molecule has 1 amide bonds. The molecule has 9 heteroatoms. The smallest absolute Gasteiger partial charge is 0.433 e. The lowest BCUT2D eigenvalue weighted by atomic mass is 9.99. The Morgan fingerprint density at radius 2 is 2.00 bits per heavy atom. The average molecular weight is 448 g/mol. The van der Waals surface area contributed by atoms with Crippen LogP contribution in [0.2, 0.25) is 0 Å². The molecular formula is C23H27F3N4O2. The van der Waals surface area contributed by atoms with Gasteiger partial charge in [-0.25, -0.2) is 4.98 Å². The number of hydrogen-bond donors (Lipinski definition) is 3. The molecular weight excluding hydrogens is 421 g/mol. The van der Waals surface area contributed by atoms with Crippen LogP contribution < -0.4 is 10.6 Å². The van der Waals surface area contributed by atoms with Crippen molar-refractivity contribution in [3.63, 3.8) is 0 Å². The third-order valence-corrected chi connectivity index (χ3v) is 5.41. The molecule has 1 aromatic carbocycles.